The Morgan fingerprint density at radius 3 is 2.52 bits per heavy atom. The molecule has 0 aliphatic carbocycles. The first-order valence-corrected chi connectivity index (χ1v) is 8.14. The molecule has 0 saturated heterocycles. The second kappa shape index (κ2) is 5.76. The van der Waals surface area contributed by atoms with Crippen molar-refractivity contribution in [2.75, 3.05) is 5.73 Å². The standard InChI is InChI=1S/C15H13ClN2O2S/c1-10-6-13(18)4-5-15(10)21(19,20)9-12-3-2-11(8-17)7-14(12)16/h2-7H,9,18H2,1H3. The number of nitrogen functional groups attached to an aromatic ring is 1. The molecule has 0 spiro atoms. The second-order valence-corrected chi connectivity index (χ2v) is 7.07. The average molecular weight is 321 g/mol. The van der Waals surface area contributed by atoms with Crippen LogP contribution in [0.3, 0.4) is 0 Å². The van der Waals surface area contributed by atoms with Gasteiger partial charge in [0, 0.05) is 10.7 Å². The SMILES string of the molecule is Cc1cc(N)ccc1S(=O)(=O)Cc1ccc(C#N)cc1Cl. The van der Waals surface area contributed by atoms with E-state index in [1.807, 2.05) is 6.07 Å². The largest absolute Gasteiger partial charge is 0.399 e. The molecular weight excluding hydrogens is 308 g/mol. The zero-order valence-corrected chi connectivity index (χ0v) is 12.9. The summed E-state index contributed by atoms with van der Waals surface area (Å²) >= 11 is 6.03. The normalized spacial score (nSPS) is 11.1. The van der Waals surface area contributed by atoms with E-state index in [4.69, 9.17) is 22.6 Å². The van der Waals surface area contributed by atoms with E-state index >= 15 is 0 Å². The van der Waals surface area contributed by atoms with E-state index < -0.39 is 9.84 Å². The summed E-state index contributed by atoms with van der Waals surface area (Å²) in [6.07, 6.45) is 0. The number of hydrogen-bond acceptors (Lipinski definition) is 4. The van der Waals surface area contributed by atoms with Crippen LogP contribution in [0.15, 0.2) is 41.3 Å². The molecule has 0 radical (unpaired) electrons. The number of anilines is 1. The zero-order valence-electron chi connectivity index (χ0n) is 11.3. The maximum absolute atomic E-state index is 12.5. The first kappa shape index (κ1) is 15.4. The maximum Gasteiger partial charge on any atom is 0.182 e. The van der Waals surface area contributed by atoms with Crippen molar-refractivity contribution >= 4 is 27.1 Å². The number of nitrogens with zero attached hydrogens (tertiary/aromatic N) is 1. The molecule has 2 aromatic carbocycles. The number of hydrogen-bond donors (Lipinski definition) is 1. The molecule has 21 heavy (non-hydrogen) atoms. The molecule has 0 aromatic heterocycles. The quantitative estimate of drug-likeness (QED) is 0.881. The average Bonchev–Trinajstić information content (AvgIpc) is 2.40. The summed E-state index contributed by atoms with van der Waals surface area (Å²) in [4.78, 5) is 0.233. The minimum Gasteiger partial charge on any atom is -0.399 e. The van der Waals surface area contributed by atoms with Gasteiger partial charge in [-0.15, -0.1) is 0 Å². The van der Waals surface area contributed by atoms with Crippen molar-refractivity contribution in [2.45, 2.75) is 17.6 Å². The fraction of sp³-hybridized carbons (Fsp3) is 0.133. The van der Waals surface area contributed by atoms with Gasteiger partial charge in [-0.2, -0.15) is 5.26 Å². The number of nitriles is 1. The van der Waals surface area contributed by atoms with Crippen LogP contribution in [-0.4, -0.2) is 8.42 Å². The number of sulfone groups is 1. The summed E-state index contributed by atoms with van der Waals surface area (Å²) < 4.78 is 25.0. The Labute approximate surface area is 128 Å². The van der Waals surface area contributed by atoms with Gasteiger partial charge >= 0.3 is 0 Å². The van der Waals surface area contributed by atoms with E-state index in [0.29, 0.717) is 22.4 Å². The van der Waals surface area contributed by atoms with Crippen LogP contribution in [0.2, 0.25) is 5.02 Å². The molecule has 0 saturated carbocycles. The number of benzene rings is 2. The second-order valence-electron chi connectivity index (χ2n) is 4.70. The molecular formula is C15H13ClN2O2S. The molecule has 2 aromatic rings. The van der Waals surface area contributed by atoms with Crippen LogP contribution in [-0.2, 0) is 15.6 Å². The molecule has 6 heteroatoms. The fourth-order valence-electron chi connectivity index (χ4n) is 2.04. The predicted octanol–water partition coefficient (Wildman–Crippen LogP) is 3.08. The first-order valence-electron chi connectivity index (χ1n) is 6.11. The van der Waals surface area contributed by atoms with E-state index in [1.54, 1.807) is 31.2 Å². The fourth-order valence-corrected chi connectivity index (χ4v) is 4.01. The van der Waals surface area contributed by atoms with Crippen molar-refractivity contribution in [1.29, 1.82) is 5.26 Å². The summed E-state index contributed by atoms with van der Waals surface area (Å²) in [5.74, 6) is -0.220. The summed E-state index contributed by atoms with van der Waals surface area (Å²) in [6, 6.07) is 11.2. The van der Waals surface area contributed by atoms with E-state index in [-0.39, 0.29) is 15.7 Å². The molecule has 108 valence electrons. The lowest BCUT2D eigenvalue weighted by Gasteiger charge is -2.10. The molecule has 4 nitrogen and oxygen atoms in total. The lowest BCUT2D eigenvalue weighted by Crippen LogP contribution is -2.07. The zero-order chi connectivity index (χ0) is 15.6. The molecule has 0 atom stereocenters. The lowest BCUT2D eigenvalue weighted by molar-refractivity contribution is 0.594. The van der Waals surface area contributed by atoms with Crippen molar-refractivity contribution in [3.05, 3.63) is 58.1 Å². The van der Waals surface area contributed by atoms with Gasteiger partial charge in [-0.1, -0.05) is 17.7 Å². The number of halogens is 1. The number of rotatable bonds is 3. The van der Waals surface area contributed by atoms with Crippen molar-refractivity contribution < 1.29 is 8.42 Å². The highest BCUT2D eigenvalue weighted by atomic mass is 35.5. The third-order valence-corrected chi connectivity index (χ3v) is 5.23. The van der Waals surface area contributed by atoms with E-state index in [1.165, 1.54) is 12.1 Å². The van der Waals surface area contributed by atoms with Gasteiger partial charge in [0.15, 0.2) is 9.84 Å². The molecule has 0 aliphatic heterocycles. The Balaban J connectivity index is 2.40. The van der Waals surface area contributed by atoms with Crippen molar-refractivity contribution in [3.8, 4) is 6.07 Å². The Hall–Kier alpha value is -2.03. The Morgan fingerprint density at radius 2 is 1.95 bits per heavy atom. The van der Waals surface area contributed by atoms with Crippen molar-refractivity contribution in [1.82, 2.24) is 0 Å². The van der Waals surface area contributed by atoms with Crippen molar-refractivity contribution in [2.24, 2.45) is 0 Å². The molecule has 2 N–H and O–H groups in total. The van der Waals surface area contributed by atoms with Gasteiger partial charge in [0.1, 0.15) is 0 Å². The third-order valence-electron chi connectivity index (χ3n) is 3.06. The van der Waals surface area contributed by atoms with Crippen LogP contribution in [0.25, 0.3) is 0 Å². The van der Waals surface area contributed by atoms with Crippen LogP contribution in [0.5, 0.6) is 0 Å². The molecule has 0 amide bonds. The molecule has 2 rings (SSSR count). The minimum atomic E-state index is -3.53. The Bertz CT molecular complexity index is 839. The highest BCUT2D eigenvalue weighted by Gasteiger charge is 2.19. The predicted molar refractivity (Wildman–Crippen MR) is 82.6 cm³/mol. The van der Waals surface area contributed by atoms with Crippen molar-refractivity contribution in [3.63, 3.8) is 0 Å². The van der Waals surface area contributed by atoms with Gasteiger partial charge in [0.05, 0.1) is 22.3 Å². The highest BCUT2D eigenvalue weighted by Crippen LogP contribution is 2.26. The van der Waals surface area contributed by atoms with Crippen LogP contribution in [0.1, 0.15) is 16.7 Å². The van der Waals surface area contributed by atoms with Crippen LogP contribution < -0.4 is 5.73 Å². The Morgan fingerprint density at radius 1 is 1.24 bits per heavy atom. The summed E-state index contributed by atoms with van der Waals surface area (Å²) in [6.45, 7) is 1.70. The summed E-state index contributed by atoms with van der Waals surface area (Å²) in [7, 11) is -3.53. The minimum absolute atomic E-state index is 0.220. The van der Waals surface area contributed by atoms with Gasteiger partial charge in [0.2, 0.25) is 0 Å². The molecule has 0 heterocycles. The number of nitrogens with two attached hydrogens (primary N) is 1. The smallest absolute Gasteiger partial charge is 0.182 e. The Kier molecular flexibility index (Phi) is 4.21. The maximum atomic E-state index is 12.5. The molecule has 0 fully saturated rings. The summed E-state index contributed by atoms with van der Waals surface area (Å²) in [5.41, 5.74) is 7.60. The van der Waals surface area contributed by atoms with Crippen LogP contribution >= 0.6 is 11.6 Å². The number of aryl methyl sites for hydroxylation is 1. The van der Waals surface area contributed by atoms with E-state index in [9.17, 15) is 8.42 Å². The van der Waals surface area contributed by atoms with Gasteiger partial charge in [0.25, 0.3) is 0 Å². The highest BCUT2D eigenvalue weighted by molar-refractivity contribution is 7.90. The molecule has 0 bridgehead atoms. The summed E-state index contributed by atoms with van der Waals surface area (Å²) in [5, 5.41) is 9.06. The van der Waals surface area contributed by atoms with Gasteiger partial charge in [-0.05, 0) is 48.4 Å². The van der Waals surface area contributed by atoms with E-state index in [2.05, 4.69) is 0 Å². The van der Waals surface area contributed by atoms with Crippen LogP contribution in [0, 0.1) is 18.3 Å². The van der Waals surface area contributed by atoms with Gasteiger partial charge in [-0.25, -0.2) is 8.42 Å². The molecule has 0 aliphatic rings. The first-order chi connectivity index (χ1) is 9.83. The van der Waals surface area contributed by atoms with E-state index in [0.717, 1.165) is 0 Å². The van der Waals surface area contributed by atoms with Gasteiger partial charge < -0.3 is 5.73 Å². The molecule has 0 unspecified atom stereocenters. The van der Waals surface area contributed by atoms with Gasteiger partial charge in [-0.3, -0.25) is 0 Å². The topological polar surface area (TPSA) is 84.0 Å². The monoisotopic (exact) mass is 320 g/mol. The third kappa shape index (κ3) is 3.35. The van der Waals surface area contributed by atoms with Crippen LogP contribution in [0.4, 0.5) is 5.69 Å². The lowest BCUT2D eigenvalue weighted by atomic mass is 10.2.